The molecule has 0 aliphatic carbocycles. The van der Waals surface area contributed by atoms with Gasteiger partial charge in [0.25, 0.3) is 0 Å². The highest BCUT2D eigenvalue weighted by molar-refractivity contribution is 14.0. The largest absolute Gasteiger partial charge is 0.497 e. The van der Waals surface area contributed by atoms with E-state index in [2.05, 4.69) is 15.6 Å². The number of hydrogen-bond acceptors (Lipinski definition) is 3. The standard InChI is InChI=1S/C19H21FN4O.HI/c1-3-22-19(23-12-14-4-7-17(25-2)8-5-14)24-13-16-10-15(11-21)6-9-18(16)20;/h4-10H,3,12-13H2,1-2H3,(H2,22,23,24);1H. The first-order chi connectivity index (χ1) is 12.2. The highest BCUT2D eigenvalue weighted by Crippen LogP contribution is 2.12. The van der Waals surface area contributed by atoms with Crippen LogP contribution in [0.4, 0.5) is 4.39 Å². The van der Waals surface area contributed by atoms with Crippen molar-refractivity contribution in [3.05, 3.63) is 65.0 Å². The summed E-state index contributed by atoms with van der Waals surface area (Å²) in [4.78, 5) is 4.49. The van der Waals surface area contributed by atoms with E-state index in [1.807, 2.05) is 37.3 Å². The van der Waals surface area contributed by atoms with Gasteiger partial charge >= 0.3 is 0 Å². The Labute approximate surface area is 170 Å². The Morgan fingerprint density at radius 2 is 1.92 bits per heavy atom. The molecule has 0 fully saturated rings. The molecule has 0 heterocycles. The molecule has 26 heavy (non-hydrogen) atoms. The van der Waals surface area contributed by atoms with Gasteiger partial charge in [-0.3, -0.25) is 0 Å². The van der Waals surface area contributed by atoms with E-state index in [4.69, 9.17) is 10.00 Å². The van der Waals surface area contributed by atoms with E-state index in [0.29, 0.717) is 30.2 Å². The van der Waals surface area contributed by atoms with Crippen LogP contribution < -0.4 is 15.4 Å². The molecule has 5 nitrogen and oxygen atoms in total. The van der Waals surface area contributed by atoms with E-state index in [1.54, 1.807) is 7.11 Å². The molecule has 0 radical (unpaired) electrons. The number of nitriles is 1. The highest BCUT2D eigenvalue weighted by Gasteiger charge is 2.05. The first-order valence-corrected chi connectivity index (χ1v) is 8.00. The molecule has 0 aliphatic heterocycles. The summed E-state index contributed by atoms with van der Waals surface area (Å²) in [6, 6.07) is 14.0. The summed E-state index contributed by atoms with van der Waals surface area (Å²) in [5.74, 6) is 1.03. The van der Waals surface area contributed by atoms with Crippen LogP contribution in [0.5, 0.6) is 5.75 Å². The van der Waals surface area contributed by atoms with Crippen LogP contribution in [0.2, 0.25) is 0 Å². The molecule has 0 atom stereocenters. The van der Waals surface area contributed by atoms with Gasteiger partial charge in [-0.25, -0.2) is 9.38 Å². The number of rotatable bonds is 6. The molecule has 2 aromatic carbocycles. The van der Waals surface area contributed by atoms with Crippen molar-refractivity contribution in [2.75, 3.05) is 13.7 Å². The molecule has 138 valence electrons. The first kappa shape index (κ1) is 21.7. The van der Waals surface area contributed by atoms with Crippen LogP contribution in [0.15, 0.2) is 47.5 Å². The molecule has 2 aromatic rings. The second-order valence-electron chi connectivity index (χ2n) is 5.31. The summed E-state index contributed by atoms with van der Waals surface area (Å²) >= 11 is 0. The minimum Gasteiger partial charge on any atom is -0.497 e. The van der Waals surface area contributed by atoms with Crippen LogP contribution in [0.1, 0.15) is 23.6 Å². The Hall–Kier alpha value is -2.34. The maximum atomic E-state index is 13.8. The van der Waals surface area contributed by atoms with Crippen LogP contribution >= 0.6 is 24.0 Å². The normalized spacial score (nSPS) is 10.5. The zero-order valence-corrected chi connectivity index (χ0v) is 17.1. The summed E-state index contributed by atoms with van der Waals surface area (Å²) in [7, 11) is 1.63. The van der Waals surface area contributed by atoms with Crippen molar-refractivity contribution in [2.24, 2.45) is 4.99 Å². The first-order valence-electron chi connectivity index (χ1n) is 8.00. The lowest BCUT2D eigenvalue weighted by Crippen LogP contribution is -2.37. The topological polar surface area (TPSA) is 69.4 Å². The fourth-order valence-corrected chi connectivity index (χ4v) is 2.20. The van der Waals surface area contributed by atoms with Crippen molar-refractivity contribution < 1.29 is 9.13 Å². The molecule has 0 unspecified atom stereocenters. The quantitative estimate of drug-likeness (QED) is 0.387. The van der Waals surface area contributed by atoms with Gasteiger partial charge in [-0.2, -0.15) is 5.26 Å². The molecule has 0 saturated heterocycles. The molecule has 0 bridgehead atoms. The van der Waals surface area contributed by atoms with E-state index in [-0.39, 0.29) is 36.3 Å². The van der Waals surface area contributed by atoms with Crippen molar-refractivity contribution in [3.63, 3.8) is 0 Å². The molecular formula is C19H22FIN4O. The molecule has 2 rings (SSSR count). The Bertz CT molecular complexity index is 772. The fourth-order valence-electron chi connectivity index (χ4n) is 2.20. The number of halogens is 2. The SMILES string of the molecule is CCNC(=NCc1ccc(OC)cc1)NCc1cc(C#N)ccc1F.I. The molecule has 7 heteroatoms. The number of methoxy groups -OCH3 is 1. The molecule has 0 saturated carbocycles. The summed E-state index contributed by atoms with van der Waals surface area (Å²) < 4.78 is 19.0. The Morgan fingerprint density at radius 3 is 2.54 bits per heavy atom. The Balaban J connectivity index is 0.00000338. The van der Waals surface area contributed by atoms with Crippen LogP contribution in [0.25, 0.3) is 0 Å². The van der Waals surface area contributed by atoms with E-state index >= 15 is 0 Å². The average molecular weight is 468 g/mol. The number of benzene rings is 2. The lowest BCUT2D eigenvalue weighted by atomic mass is 10.1. The van der Waals surface area contributed by atoms with Crippen molar-refractivity contribution in [2.45, 2.75) is 20.0 Å². The van der Waals surface area contributed by atoms with Crippen molar-refractivity contribution in [3.8, 4) is 11.8 Å². The van der Waals surface area contributed by atoms with Gasteiger partial charge in [0.1, 0.15) is 11.6 Å². The molecular weight excluding hydrogens is 446 g/mol. The Morgan fingerprint density at radius 1 is 1.19 bits per heavy atom. The van der Waals surface area contributed by atoms with Crippen molar-refractivity contribution >= 4 is 29.9 Å². The number of ether oxygens (including phenoxy) is 1. The van der Waals surface area contributed by atoms with E-state index in [9.17, 15) is 4.39 Å². The monoisotopic (exact) mass is 468 g/mol. The Kier molecular flexibility index (Phi) is 9.44. The highest BCUT2D eigenvalue weighted by atomic mass is 127. The van der Waals surface area contributed by atoms with Gasteiger partial charge in [-0.1, -0.05) is 12.1 Å². The number of guanidine groups is 1. The summed E-state index contributed by atoms with van der Waals surface area (Å²) in [5, 5.41) is 15.1. The zero-order valence-electron chi connectivity index (χ0n) is 14.8. The van der Waals surface area contributed by atoms with Crippen molar-refractivity contribution in [1.82, 2.24) is 10.6 Å². The third kappa shape index (κ3) is 6.52. The summed E-state index contributed by atoms with van der Waals surface area (Å²) in [6.07, 6.45) is 0. The van der Waals surface area contributed by atoms with E-state index in [0.717, 1.165) is 11.3 Å². The minimum absolute atomic E-state index is 0. The second kappa shape index (κ2) is 11.3. The average Bonchev–Trinajstić information content (AvgIpc) is 2.65. The van der Waals surface area contributed by atoms with E-state index in [1.165, 1.54) is 18.2 Å². The van der Waals surface area contributed by atoms with Gasteiger partial charge in [-0.15, -0.1) is 24.0 Å². The van der Waals surface area contributed by atoms with Gasteiger partial charge in [-0.05, 0) is 42.8 Å². The predicted molar refractivity (Wildman–Crippen MR) is 111 cm³/mol. The fraction of sp³-hybridized carbons (Fsp3) is 0.263. The summed E-state index contributed by atoms with van der Waals surface area (Å²) in [6.45, 7) is 3.38. The van der Waals surface area contributed by atoms with Gasteiger partial charge in [0.05, 0.1) is 25.3 Å². The van der Waals surface area contributed by atoms with Crippen LogP contribution in [-0.4, -0.2) is 19.6 Å². The molecule has 0 amide bonds. The van der Waals surface area contributed by atoms with Gasteiger partial charge in [0.2, 0.25) is 0 Å². The lowest BCUT2D eigenvalue weighted by Gasteiger charge is -2.12. The third-order valence-corrected chi connectivity index (χ3v) is 3.54. The number of aliphatic imine (C=N–C) groups is 1. The smallest absolute Gasteiger partial charge is 0.191 e. The lowest BCUT2D eigenvalue weighted by molar-refractivity contribution is 0.414. The molecule has 0 spiro atoms. The predicted octanol–water partition coefficient (Wildman–Crippen LogP) is 3.58. The second-order valence-corrected chi connectivity index (χ2v) is 5.31. The maximum Gasteiger partial charge on any atom is 0.191 e. The summed E-state index contributed by atoms with van der Waals surface area (Å²) in [5.41, 5.74) is 1.89. The third-order valence-electron chi connectivity index (χ3n) is 3.54. The van der Waals surface area contributed by atoms with Crippen molar-refractivity contribution in [1.29, 1.82) is 5.26 Å². The number of nitrogens with zero attached hydrogens (tertiary/aromatic N) is 2. The number of nitrogens with one attached hydrogen (secondary N) is 2. The van der Waals surface area contributed by atoms with Gasteiger partial charge in [0, 0.05) is 18.7 Å². The minimum atomic E-state index is -0.350. The zero-order chi connectivity index (χ0) is 18.1. The molecule has 2 N–H and O–H groups in total. The maximum absolute atomic E-state index is 13.8. The van der Waals surface area contributed by atoms with Gasteiger partial charge in [0.15, 0.2) is 5.96 Å². The number of hydrogen-bond donors (Lipinski definition) is 2. The molecule has 0 aromatic heterocycles. The van der Waals surface area contributed by atoms with Crippen LogP contribution in [-0.2, 0) is 13.1 Å². The van der Waals surface area contributed by atoms with Crippen LogP contribution in [0.3, 0.4) is 0 Å². The molecule has 0 aliphatic rings. The van der Waals surface area contributed by atoms with Gasteiger partial charge < -0.3 is 15.4 Å². The van der Waals surface area contributed by atoms with Crippen LogP contribution in [0, 0.1) is 17.1 Å². The van der Waals surface area contributed by atoms with E-state index < -0.39 is 0 Å².